The number of nitrogens with one attached hydrogen (secondary N) is 1. The van der Waals surface area contributed by atoms with Crippen LogP contribution in [0.4, 0.5) is 0 Å². The van der Waals surface area contributed by atoms with Gasteiger partial charge in [0.25, 0.3) is 0 Å². The molecule has 4 heteroatoms. The maximum atomic E-state index is 12.3. The van der Waals surface area contributed by atoms with Crippen LogP contribution in [0, 0.1) is 0 Å². The Morgan fingerprint density at radius 1 is 1.55 bits per heavy atom. The molecule has 1 aliphatic rings. The van der Waals surface area contributed by atoms with Crippen LogP contribution >= 0.6 is 0 Å². The van der Waals surface area contributed by atoms with Crippen LogP contribution in [0.2, 0.25) is 0 Å². The van der Waals surface area contributed by atoms with Crippen LogP contribution in [0.3, 0.4) is 0 Å². The van der Waals surface area contributed by atoms with Gasteiger partial charge in [-0.1, -0.05) is 30.9 Å². The minimum absolute atomic E-state index is 0.222. The molecule has 0 amide bonds. The quantitative estimate of drug-likeness (QED) is 0.688. The number of ether oxygens (including phenoxy) is 1. The summed E-state index contributed by atoms with van der Waals surface area (Å²) in [4.78, 5) is 17.7. The highest BCUT2D eigenvalue weighted by Crippen LogP contribution is 2.34. The monoisotopic (exact) mass is 270 g/mol. The lowest BCUT2D eigenvalue weighted by atomic mass is 9.98. The molecule has 1 aliphatic heterocycles. The Labute approximate surface area is 118 Å². The van der Waals surface area contributed by atoms with Crippen molar-refractivity contribution in [3.05, 3.63) is 48.2 Å². The van der Waals surface area contributed by atoms with E-state index in [1.165, 1.54) is 10.9 Å². The molecule has 0 aliphatic carbocycles. The zero-order valence-corrected chi connectivity index (χ0v) is 11.6. The maximum absolute atomic E-state index is 12.3. The number of nitrogens with zero attached hydrogens (tertiary/aromatic N) is 1. The molecule has 1 aromatic heterocycles. The topological polar surface area (TPSA) is 45.3 Å². The van der Waals surface area contributed by atoms with Gasteiger partial charge in [-0.15, -0.1) is 0 Å². The minimum atomic E-state index is -0.355. The van der Waals surface area contributed by atoms with E-state index in [1.54, 1.807) is 6.08 Å². The Kier molecular flexibility index (Phi) is 3.32. The van der Waals surface area contributed by atoms with Gasteiger partial charge in [-0.25, -0.2) is 4.79 Å². The Bertz CT molecular complexity index is 660. The molecule has 0 saturated heterocycles. The first-order valence-electron chi connectivity index (χ1n) is 6.79. The van der Waals surface area contributed by atoms with Crippen molar-refractivity contribution in [2.75, 3.05) is 20.2 Å². The fourth-order valence-electron chi connectivity index (χ4n) is 2.88. The average Bonchev–Trinajstić information content (AvgIpc) is 2.82. The van der Waals surface area contributed by atoms with Crippen molar-refractivity contribution in [2.24, 2.45) is 0 Å². The highest BCUT2D eigenvalue weighted by atomic mass is 16.5. The second-order valence-electron chi connectivity index (χ2n) is 5.11. The lowest BCUT2D eigenvalue weighted by Crippen LogP contribution is -2.37. The van der Waals surface area contributed by atoms with Gasteiger partial charge in [-0.05, 0) is 25.1 Å². The van der Waals surface area contributed by atoms with Crippen molar-refractivity contribution in [1.82, 2.24) is 9.88 Å². The normalized spacial score (nSPS) is 18.8. The number of aromatic nitrogens is 1. The molecule has 0 saturated carbocycles. The second kappa shape index (κ2) is 5.13. The van der Waals surface area contributed by atoms with Crippen molar-refractivity contribution < 1.29 is 9.53 Å². The van der Waals surface area contributed by atoms with E-state index in [2.05, 4.69) is 17.6 Å². The van der Waals surface area contributed by atoms with E-state index in [0.29, 0.717) is 0 Å². The zero-order chi connectivity index (χ0) is 14.1. The first kappa shape index (κ1) is 12.9. The summed E-state index contributed by atoms with van der Waals surface area (Å²) < 4.78 is 5.24. The van der Waals surface area contributed by atoms with Crippen LogP contribution in [-0.4, -0.2) is 36.1 Å². The molecule has 4 nitrogen and oxygen atoms in total. The highest BCUT2D eigenvalue weighted by molar-refractivity contribution is 5.88. The molecule has 20 heavy (non-hydrogen) atoms. The number of benzene rings is 1. The molecule has 0 fully saturated rings. The van der Waals surface area contributed by atoms with Crippen LogP contribution in [0.15, 0.2) is 36.9 Å². The van der Waals surface area contributed by atoms with Gasteiger partial charge in [0, 0.05) is 23.1 Å². The van der Waals surface area contributed by atoms with Crippen molar-refractivity contribution >= 4 is 16.9 Å². The van der Waals surface area contributed by atoms with E-state index in [1.807, 2.05) is 30.1 Å². The smallest absolute Gasteiger partial charge is 0.329 e. The largest absolute Gasteiger partial charge is 0.460 e. The van der Waals surface area contributed by atoms with E-state index < -0.39 is 0 Å². The van der Waals surface area contributed by atoms with Crippen molar-refractivity contribution in [3.8, 4) is 0 Å². The molecule has 0 radical (unpaired) electrons. The number of para-hydroxylation sites is 1. The summed E-state index contributed by atoms with van der Waals surface area (Å²) >= 11 is 0. The SMILES string of the molecule is C=CCOC(=O)C1c2[nH]c3ccccc3c2CCN1C. The van der Waals surface area contributed by atoms with E-state index >= 15 is 0 Å². The standard InChI is InChI=1S/C16H18N2O2/c1-3-10-20-16(19)15-14-12(8-9-18(15)2)11-6-4-5-7-13(11)17-14/h3-7,15,17H,1,8-10H2,2H3. The van der Waals surface area contributed by atoms with Crippen molar-refractivity contribution in [1.29, 1.82) is 0 Å². The molecule has 3 rings (SSSR count). The first-order valence-corrected chi connectivity index (χ1v) is 6.79. The van der Waals surface area contributed by atoms with Crippen LogP contribution < -0.4 is 0 Å². The van der Waals surface area contributed by atoms with Crippen LogP contribution in [0.5, 0.6) is 0 Å². The highest BCUT2D eigenvalue weighted by Gasteiger charge is 2.34. The average molecular weight is 270 g/mol. The lowest BCUT2D eigenvalue weighted by molar-refractivity contribution is -0.149. The lowest BCUT2D eigenvalue weighted by Gasteiger charge is -2.30. The number of rotatable bonds is 3. The number of H-pyrrole nitrogens is 1. The van der Waals surface area contributed by atoms with Gasteiger partial charge in [-0.3, -0.25) is 4.90 Å². The predicted octanol–water partition coefficient (Wildman–Crippen LogP) is 2.43. The summed E-state index contributed by atoms with van der Waals surface area (Å²) in [5.74, 6) is -0.222. The van der Waals surface area contributed by atoms with E-state index in [9.17, 15) is 4.79 Å². The molecule has 1 aromatic carbocycles. The Morgan fingerprint density at radius 3 is 3.15 bits per heavy atom. The maximum Gasteiger partial charge on any atom is 0.329 e. The number of hydrogen-bond acceptors (Lipinski definition) is 3. The number of esters is 1. The van der Waals surface area contributed by atoms with Gasteiger partial charge >= 0.3 is 5.97 Å². The van der Waals surface area contributed by atoms with Crippen LogP contribution in [0.1, 0.15) is 17.3 Å². The number of hydrogen-bond donors (Lipinski definition) is 1. The third-order valence-electron chi connectivity index (χ3n) is 3.84. The minimum Gasteiger partial charge on any atom is -0.460 e. The predicted molar refractivity (Wildman–Crippen MR) is 78.5 cm³/mol. The fraction of sp³-hybridized carbons (Fsp3) is 0.312. The Morgan fingerprint density at radius 2 is 2.35 bits per heavy atom. The molecule has 0 bridgehead atoms. The number of fused-ring (bicyclic) bond motifs is 3. The number of carbonyl (C=O) groups excluding carboxylic acids is 1. The van der Waals surface area contributed by atoms with E-state index in [-0.39, 0.29) is 18.6 Å². The number of aromatic amines is 1. The second-order valence-corrected chi connectivity index (χ2v) is 5.11. The molecule has 2 heterocycles. The van der Waals surface area contributed by atoms with E-state index in [4.69, 9.17) is 4.74 Å². The molecule has 1 unspecified atom stereocenters. The van der Waals surface area contributed by atoms with Gasteiger partial charge < -0.3 is 9.72 Å². The molecule has 2 aromatic rings. The third kappa shape index (κ3) is 2.02. The van der Waals surface area contributed by atoms with Gasteiger partial charge in [-0.2, -0.15) is 0 Å². The zero-order valence-electron chi connectivity index (χ0n) is 11.6. The summed E-state index contributed by atoms with van der Waals surface area (Å²) in [5, 5.41) is 1.21. The van der Waals surface area contributed by atoms with Crippen LogP contribution in [-0.2, 0) is 16.0 Å². The third-order valence-corrected chi connectivity index (χ3v) is 3.84. The molecule has 1 N–H and O–H groups in total. The molecular formula is C16H18N2O2. The van der Waals surface area contributed by atoms with Crippen molar-refractivity contribution in [3.63, 3.8) is 0 Å². The van der Waals surface area contributed by atoms with Gasteiger partial charge in [0.1, 0.15) is 12.6 Å². The molecule has 0 spiro atoms. The van der Waals surface area contributed by atoms with Crippen molar-refractivity contribution in [2.45, 2.75) is 12.5 Å². The molecule has 1 atom stereocenters. The van der Waals surface area contributed by atoms with E-state index in [0.717, 1.165) is 24.2 Å². The molecular weight excluding hydrogens is 252 g/mol. The number of carbonyl (C=O) groups is 1. The van der Waals surface area contributed by atoms with Gasteiger partial charge in [0.05, 0.1) is 0 Å². The summed E-state index contributed by atoms with van der Waals surface area (Å²) in [7, 11) is 1.95. The first-order chi connectivity index (χ1) is 9.72. The summed E-state index contributed by atoms with van der Waals surface area (Å²) in [6.07, 6.45) is 2.54. The molecule has 104 valence electrons. The van der Waals surface area contributed by atoms with Gasteiger partial charge in [0.2, 0.25) is 0 Å². The summed E-state index contributed by atoms with van der Waals surface area (Å²) in [5.41, 5.74) is 3.28. The Balaban J connectivity index is 2.04. The fourth-order valence-corrected chi connectivity index (χ4v) is 2.88. The summed E-state index contributed by atoms with van der Waals surface area (Å²) in [6.45, 7) is 4.68. The van der Waals surface area contributed by atoms with Gasteiger partial charge in [0.15, 0.2) is 0 Å². The summed E-state index contributed by atoms with van der Waals surface area (Å²) in [6, 6.07) is 7.81. The van der Waals surface area contributed by atoms with Crippen LogP contribution in [0.25, 0.3) is 10.9 Å². The number of likely N-dealkylation sites (N-methyl/N-ethyl adjacent to an activating group) is 1. The Hall–Kier alpha value is -2.07.